The van der Waals surface area contributed by atoms with Gasteiger partial charge in [0.1, 0.15) is 5.01 Å². The zero-order chi connectivity index (χ0) is 13.6. The summed E-state index contributed by atoms with van der Waals surface area (Å²) in [5.74, 6) is 0.524. The second-order valence-electron chi connectivity index (χ2n) is 4.37. The van der Waals surface area contributed by atoms with Crippen molar-refractivity contribution in [1.82, 2.24) is 15.5 Å². The van der Waals surface area contributed by atoms with E-state index in [2.05, 4.69) is 34.1 Å². The molecule has 0 aromatic carbocycles. The summed E-state index contributed by atoms with van der Waals surface area (Å²) in [4.78, 5) is 0. The Morgan fingerprint density at radius 2 is 2.06 bits per heavy atom. The number of aromatic nitrogens is 2. The minimum atomic E-state index is -3.33. The number of rotatable bonds is 8. The number of hydrogen-bond acceptors (Lipinski definition) is 6. The van der Waals surface area contributed by atoms with Gasteiger partial charge in [-0.05, 0) is 12.5 Å². The molecule has 0 saturated carbocycles. The van der Waals surface area contributed by atoms with Crippen molar-refractivity contribution in [3.8, 4) is 0 Å². The summed E-state index contributed by atoms with van der Waals surface area (Å²) >= 11 is 1.29. The van der Waals surface area contributed by atoms with Crippen LogP contribution in [0.1, 0.15) is 25.8 Å². The van der Waals surface area contributed by atoms with Gasteiger partial charge in [-0.1, -0.05) is 32.1 Å². The highest BCUT2D eigenvalue weighted by Crippen LogP contribution is 2.19. The largest absolute Gasteiger partial charge is 0.316 e. The summed E-state index contributed by atoms with van der Waals surface area (Å²) in [7, 11) is -3.33. The van der Waals surface area contributed by atoms with Crippen LogP contribution in [0.3, 0.4) is 0 Å². The first-order valence-corrected chi connectivity index (χ1v) is 8.43. The van der Waals surface area contributed by atoms with E-state index in [1.165, 1.54) is 11.3 Å². The fourth-order valence-electron chi connectivity index (χ4n) is 1.29. The fraction of sp³-hybridized carbons (Fsp3) is 0.800. The van der Waals surface area contributed by atoms with E-state index in [1.807, 2.05) is 6.92 Å². The number of sulfonamides is 1. The highest BCUT2D eigenvalue weighted by atomic mass is 32.2. The second-order valence-corrected chi connectivity index (χ2v) is 7.28. The molecule has 0 spiro atoms. The van der Waals surface area contributed by atoms with Gasteiger partial charge in [0.2, 0.25) is 15.2 Å². The smallest absolute Gasteiger partial charge is 0.235 e. The van der Waals surface area contributed by atoms with E-state index in [0.29, 0.717) is 17.6 Å². The first-order chi connectivity index (χ1) is 8.43. The molecule has 0 radical (unpaired) electrons. The SMILES string of the molecule is CCNCCS(=O)(=O)Nc1nnc(CC(C)C)s1. The molecule has 0 aliphatic carbocycles. The highest BCUT2D eigenvalue weighted by molar-refractivity contribution is 7.92. The lowest BCUT2D eigenvalue weighted by molar-refractivity contribution is 0.597. The fourth-order valence-corrected chi connectivity index (χ4v) is 3.47. The van der Waals surface area contributed by atoms with Crippen molar-refractivity contribution in [2.75, 3.05) is 23.6 Å². The van der Waals surface area contributed by atoms with E-state index in [0.717, 1.165) is 18.0 Å². The molecule has 0 aliphatic rings. The van der Waals surface area contributed by atoms with E-state index in [1.54, 1.807) is 0 Å². The number of anilines is 1. The molecule has 1 aromatic rings. The number of hydrogen-bond donors (Lipinski definition) is 2. The van der Waals surface area contributed by atoms with Gasteiger partial charge < -0.3 is 5.32 Å². The van der Waals surface area contributed by atoms with Crippen LogP contribution in [0.5, 0.6) is 0 Å². The lowest BCUT2D eigenvalue weighted by Crippen LogP contribution is -2.26. The van der Waals surface area contributed by atoms with E-state index >= 15 is 0 Å². The maximum Gasteiger partial charge on any atom is 0.235 e. The molecule has 18 heavy (non-hydrogen) atoms. The van der Waals surface area contributed by atoms with Crippen LogP contribution >= 0.6 is 11.3 Å². The van der Waals surface area contributed by atoms with E-state index in [-0.39, 0.29) is 5.75 Å². The van der Waals surface area contributed by atoms with Crippen LogP contribution in [0.2, 0.25) is 0 Å². The van der Waals surface area contributed by atoms with Gasteiger partial charge in [-0.15, -0.1) is 10.2 Å². The summed E-state index contributed by atoms with van der Waals surface area (Å²) in [6.07, 6.45) is 0.816. The van der Waals surface area contributed by atoms with Gasteiger partial charge >= 0.3 is 0 Å². The van der Waals surface area contributed by atoms with Gasteiger partial charge in [0.15, 0.2) is 0 Å². The minimum Gasteiger partial charge on any atom is -0.316 e. The van der Waals surface area contributed by atoms with Gasteiger partial charge in [-0.25, -0.2) is 8.42 Å². The van der Waals surface area contributed by atoms with Crippen molar-refractivity contribution >= 4 is 26.5 Å². The number of nitrogens with zero attached hydrogens (tertiary/aromatic N) is 2. The molecule has 0 saturated heterocycles. The van der Waals surface area contributed by atoms with Crippen LogP contribution in [0.25, 0.3) is 0 Å². The zero-order valence-corrected chi connectivity index (χ0v) is 12.6. The predicted octanol–water partition coefficient (Wildman–Crippen LogP) is 1.09. The van der Waals surface area contributed by atoms with Crippen LogP contribution in [-0.2, 0) is 16.4 Å². The Bertz CT molecular complexity index is 456. The lowest BCUT2D eigenvalue weighted by atomic mass is 10.1. The maximum atomic E-state index is 11.7. The molecule has 1 rings (SSSR count). The molecule has 104 valence electrons. The Morgan fingerprint density at radius 3 is 2.67 bits per heavy atom. The first kappa shape index (κ1) is 15.3. The standard InChI is InChI=1S/C10H20N4O2S2/c1-4-11-5-6-18(15,16)14-10-13-12-9(17-10)7-8(2)3/h8,11H,4-7H2,1-3H3,(H,13,14). The second kappa shape index (κ2) is 7.01. The molecule has 0 aliphatic heterocycles. The Hall–Kier alpha value is -0.730. The molecule has 0 amide bonds. The third-order valence-electron chi connectivity index (χ3n) is 2.09. The molecular weight excluding hydrogens is 272 g/mol. The van der Waals surface area contributed by atoms with Gasteiger partial charge in [0.05, 0.1) is 5.75 Å². The van der Waals surface area contributed by atoms with Crippen LogP contribution < -0.4 is 10.0 Å². The van der Waals surface area contributed by atoms with Gasteiger partial charge in [0, 0.05) is 13.0 Å². The van der Waals surface area contributed by atoms with Crippen molar-refractivity contribution in [2.45, 2.75) is 27.2 Å². The van der Waals surface area contributed by atoms with Gasteiger partial charge in [-0.2, -0.15) is 0 Å². The third kappa shape index (κ3) is 5.74. The van der Waals surface area contributed by atoms with Crippen molar-refractivity contribution in [1.29, 1.82) is 0 Å². The normalized spacial score (nSPS) is 12.0. The maximum absolute atomic E-state index is 11.7. The van der Waals surface area contributed by atoms with Gasteiger partial charge in [-0.3, -0.25) is 4.72 Å². The molecule has 0 atom stereocenters. The summed E-state index contributed by atoms with van der Waals surface area (Å²) in [5, 5.41) is 12.0. The van der Waals surface area contributed by atoms with Crippen molar-refractivity contribution < 1.29 is 8.42 Å². The molecule has 1 heterocycles. The molecule has 0 fully saturated rings. The first-order valence-electron chi connectivity index (χ1n) is 5.96. The summed E-state index contributed by atoms with van der Waals surface area (Å²) in [6, 6.07) is 0. The topological polar surface area (TPSA) is 84.0 Å². The molecule has 2 N–H and O–H groups in total. The Balaban J connectivity index is 2.53. The number of nitrogens with one attached hydrogen (secondary N) is 2. The van der Waals surface area contributed by atoms with Crippen molar-refractivity contribution in [2.24, 2.45) is 5.92 Å². The van der Waals surface area contributed by atoms with Crippen molar-refractivity contribution in [3.05, 3.63) is 5.01 Å². The Kier molecular flexibility index (Phi) is 5.97. The van der Waals surface area contributed by atoms with Crippen LogP contribution in [0, 0.1) is 5.92 Å². The monoisotopic (exact) mass is 292 g/mol. The predicted molar refractivity (Wildman–Crippen MR) is 74.4 cm³/mol. The van der Waals surface area contributed by atoms with Crippen LogP contribution in [-0.4, -0.2) is 37.5 Å². The van der Waals surface area contributed by atoms with E-state index in [9.17, 15) is 8.42 Å². The van der Waals surface area contributed by atoms with Crippen molar-refractivity contribution in [3.63, 3.8) is 0 Å². The highest BCUT2D eigenvalue weighted by Gasteiger charge is 2.13. The van der Waals surface area contributed by atoms with Crippen LogP contribution in [0.15, 0.2) is 0 Å². The quantitative estimate of drug-likeness (QED) is 0.701. The minimum absolute atomic E-state index is 0.0416. The molecular formula is C10H20N4O2S2. The molecule has 8 heteroatoms. The molecule has 6 nitrogen and oxygen atoms in total. The molecule has 0 bridgehead atoms. The summed E-state index contributed by atoms with van der Waals surface area (Å²) in [5.41, 5.74) is 0. The Labute approximate surface area is 112 Å². The third-order valence-corrected chi connectivity index (χ3v) is 4.33. The average molecular weight is 292 g/mol. The summed E-state index contributed by atoms with van der Waals surface area (Å²) < 4.78 is 25.8. The zero-order valence-electron chi connectivity index (χ0n) is 10.9. The van der Waals surface area contributed by atoms with Crippen LogP contribution in [0.4, 0.5) is 5.13 Å². The Morgan fingerprint density at radius 1 is 1.33 bits per heavy atom. The van der Waals surface area contributed by atoms with Gasteiger partial charge in [0.25, 0.3) is 0 Å². The average Bonchev–Trinajstić information content (AvgIpc) is 2.63. The molecule has 1 aromatic heterocycles. The summed E-state index contributed by atoms with van der Waals surface area (Å²) in [6.45, 7) is 7.29. The van der Waals surface area contributed by atoms with E-state index < -0.39 is 10.0 Å². The lowest BCUT2D eigenvalue weighted by Gasteiger charge is -2.04. The molecule has 0 unspecified atom stereocenters. The van der Waals surface area contributed by atoms with E-state index in [4.69, 9.17) is 0 Å².